The zero-order valence-electron chi connectivity index (χ0n) is 13.1. The van der Waals surface area contributed by atoms with E-state index in [-0.39, 0.29) is 17.0 Å². The van der Waals surface area contributed by atoms with Gasteiger partial charge in [-0.15, -0.1) is 10.2 Å². The summed E-state index contributed by atoms with van der Waals surface area (Å²) in [5, 5.41) is 12.8. The minimum atomic E-state index is -0.385. The molecule has 1 aromatic carbocycles. The highest BCUT2D eigenvalue weighted by Gasteiger charge is 2.17. The summed E-state index contributed by atoms with van der Waals surface area (Å²) < 4.78 is 20.0. The van der Waals surface area contributed by atoms with Gasteiger partial charge in [0.25, 0.3) is 0 Å². The lowest BCUT2D eigenvalue weighted by Gasteiger charge is -2.09. The first kappa shape index (κ1) is 16.4. The lowest BCUT2D eigenvalue weighted by Crippen LogP contribution is -2.17. The van der Waals surface area contributed by atoms with Crippen molar-refractivity contribution in [2.45, 2.75) is 24.1 Å². The van der Waals surface area contributed by atoms with Crippen LogP contribution in [-0.4, -0.2) is 37.6 Å². The number of hydrogen-bond acceptors (Lipinski definition) is 6. The molecule has 3 rings (SSSR count). The average molecular weight is 346 g/mol. The summed E-state index contributed by atoms with van der Waals surface area (Å²) in [6.07, 6.45) is 0. The van der Waals surface area contributed by atoms with Gasteiger partial charge in [0, 0.05) is 5.56 Å². The summed E-state index contributed by atoms with van der Waals surface area (Å²) in [6.45, 7) is 3.86. The SMILES string of the molecule is CCOC(=O)[C@H](C)Sc1ccc2nnc(-c3cccc(F)c3)n2n1. The Hall–Kier alpha value is -2.48. The molecule has 0 aliphatic carbocycles. The second-order valence-electron chi connectivity index (χ2n) is 4.99. The summed E-state index contributed by atoms with van der Waals surface area (Å²) in [4.78, 5) is 11.7. The van der Waals surface area contributed by atoms with E-state index in [4.69, 9.17) is 4.74 Å². The zero-order chi connectivity index (χ0) is 17.1. The third-order valence-electron chi connectivity index (χ3n) is 3.24. The predicted octanol–water partition coefficient (Wildman–Crippen LogP) is 2.97. The van der Waals surface area contributed by atoms with E-state index in [0.717, 1.165) is 0 Å². The van der Waals surface area contributed by atoms with Crippen molar-refractivity contribution in [2.75, 3.05) is 6.61 Å². The highest BCUT2D eigenvalue weighted by molar-refractivity contribution is 8.00. The van der Waals surface area contributed by atoms with Crippen LogP contribution in [0.25, 0.3) is 17.0 Å². The Morgan fingerprint density at radius 3 is 2.92 bits per heavy atom. The molecule has 3 aromatic rings. The number of carbonyl (C=O) groups is 1. The van der Waals surface area contributed by atoms with Crippen LogP contribution in [0.4, 0.5) is 4.39 Å². The van der Waals surface area contributed by atoms with Crippen molar-refractivity contribution < 1.29 is 13.9 Å². The van der Waals surface area contributed by atoms with E-state index in [1.807, 2.05) is 0 Å². The van der Waals surface area contributed by atoms with Crippen LogP contribution in [-0.2, 0) is 9.53 Å². The van der Waals surface area contributed by atoms with Crippen LogP contribution in [0, 0.1) is 5.82 Å². The van der Waals surface area contributed by atoms with Crippen LogP contribution in [0.15, 0.2) is 41.4 Å². The molecule has 8 heteroatoms. The van der Waals surface area contributed by atoms with Gasteiger partial charge in [-0.25, -0.2) is 4.39 Å². The van der Waals surface area contributed by atoms with Crippen molar-refractivity contribution in [3.63, 3.8) is 0 Å². The molecule has 0 radical (unpaired) electrons. The number of hydrogen-bond donors (Lipinski definition) is 0. The predicted molar refractivity (Wildman–Crippen MR) is 88.1 cm³/mol. The number of esters is 1. The Kier molecular flexibility index (Phi) is 4.75. The van der Waals surface area contributed by atoms with Crippen molar-refractivity contribution in [3.05, 3.63) is 42.2 Å². The second-order valence-corrected chi connectivity index (χ2v) is 6.35. The molecule has 0 aliphatic heterocycles. The van der Waals surface area contributed by atoms with Crippen LogP contribution in [0.2, 0.25) is 0 Å². The topological polar surface area (TPSA) is 69.4 Å². The minimum absolute atomic E-state index is 0.293. The minimum Gasteiger partial charge on any atom is -0.465 e. The van der Waals surface area contributed by atoms with Gasteiger partial charge in [-0.1, -0.05) is 23.9 Å². The maximum absolute atomic E-state index is 13.4. The number of thioether (sulfide) groups is 1. The van der Waals surface area contributed by atoms with Gasteiger partial charge in [-0.2, -0.15) is 9.61 Å². The third kappa shape index (κ3) is 3.38. The normalized spacial score (nSPS) is 12.3. The molecular formula is C16H15FN4O2S. The highest BCUT2D eigenvalue weighted by Crippen LogP contribution is 2.24. The van der Waals surface area contributed by atoms with Crippen LogP contribution in [0.5, 0.6) is 0 Å². The first-order valence-electron chi connectivity index (χ1n) is 7.40. The molecule has 6 nitrogen and oxygen atoms in total. The molecule has 0 saturated carbocycles. The summed E-state index contributed by atoms with van der Waals surface area (Å²) in [6, 6.07) is 9.60. The van der Waals surface area contributed by atoms with Gasteiger partial charge in [0.15, 0.2) is 11.5 Å². The Balaban J connectivity index is 1.93. The van der Waals surface area contributed by atoms with Crippen LogP contribution >= 0.6 is 11.8 Å². The summed E-state index contributed by atoms with van der Waals surface area (Å²) in [5.41, 5.74) is 1.12. The number of benzene rings is 1. The quantitative estimate of drug-likeness (QED) is 0.522. The summed E-state index contributed by atoms with van der Waals surface area (Å²) >= 11 is 1.28. The van der Waals surface area contributed by atoms with Crippen molar-refractivity contribution in [2.24, 2.45) is 0 Å². The standard InChI is InChI=1S/C16H15FN4O2S/c1-3-23-16(22)10(2)24-14-8-7-13-18-19-15(21(13)20-14)11-5-4-6-12(17)9-11/h4-10H,3H2,1-2H3/t10-/m0/s1. The summed E-state index contributed by atoms with van der Waals surface area (Å²) in [7, 11) is 0. The fourth-order valence-corrected chi connectivity index (χ4v) is 2.93. The van der Waals surface area contributed by atoms with E-state index in [1.165, 1.54) is 28.4 Å². The number of aromatic nitrogens is 4. The van der Waals surface area contributed by atoms with E-state index < -0.39 is 0 Å². The Morgan fingerprint density at radius 1 is 1.33 bits per heavy atom. The molecule has 0 fully saturated rings. The maximum Gasteiger partial charge on any atom is 0.319 e. The second kappa shape index (κ2) is 6.96. The van der Waals surface area contributed by atoms with Crippen LogP contribution < -0.4 is 0 Å². The first-order chi connectivity index (χ1) is 11.6. The average Bonchev–Trinajstić information content (AvgIpc) is 2.98. The van der Waals surface area contributed by atoms with Gasteiger partial charge in [-0.3, -0.25) is 4.79 Å². The summed E-state index contributed by atoms with van der Waals surface area (Å²) in [5.74, 6) is -0.208. The Bertz CT molecular complexity index is 883. The van der Waals surface area contributed by atoms with Gasteiger partial charge in [0.1, 0.15) is 16.1 Å². The highest BCUT2D eigenvalue weighted by atomic mass is 32.2. The first-order valence-corrected chi connectivity index (χ1v) is 8.28. The molecule has 24 heavy (non-hydrogen) atoms. The van der Waals surface area contributed by atoms with E-state index in [2.05, 4.69) is 15.3 Å². The Labute approximate surface area is 142 Å². The van der Waals surface area contributed by atoms with Crippen molar-refractivity contribution in [1.82, 2.24) is 19.8 Å². The van der Waals surface area contributed by atoms with Crippen LogP contribution in [0.1, 0.15) is 13.8 Å². The maximum atomic E-state index is 13.4. The molecule has 0 bridgehead atoms. The fraction of sp³-hybridized carbons (Fsp3) is 0.250. The smallest absolute Gasteiger partial charge is 0.319 e. The molecule has 2 heterocycles. The Morgan fingerprint density at radius 2 is 2.17 bits per heavy atom. The molecule has 124 valence electrons. The lowest BCUT2D eigenvalue weighted by molar-refractivity contribution is -0.142. The number of carbonyl (C=O) groups excluding carboxylic acids is 1. The zero-order valence-corrected chi connectivity index (χ0v) is 14.0. The molecular weight excluding hydrogens is 331 g/mol. The van der Waals surface area contributed by atoms with Gasteiger partial charge < -0.3 is 4.74 Å². The van der Waals surface area contributed by atoms with E-state index in [1.54, 1.807) is 38.1 Å². The molecule has 0 unspecified atom stereocenters. The largest absolute Gasteiger partial charge is 0.465 e. The van der Waals surface area contributed by atoms with Gasteiger partial charge >= 0.3 is 5.97 Å². The number of ether oxygens (including phenoxy) is 1. The van der Waals surface area contributed by atoms with Crippen molar-refractivity contribution >= 4 is 23.4 Å². The fourth-order valence-electron chi connectivity index (χ4n) is 2.13. The molecule has 0 saturated heterocycles. The molecule has 0 aliphatic rings. The third-order valence-corrected chi connectivity index (χ3v) is 4.24. The van der Waals surface area contributed by atoms with Crippen molar-refractivity contribution in [3.8, 4) is 11.4 Å². The van der Waals surface area contributed by atoms with E-state index in [0.29, 0.717) is 28.7 Å². The lowest BCUT2D eigenvalue weighted by atomic mass is 10.2. The molecule has 0 amide bonds. The molecule has 0 spiro atoms. The number of nitrogens with zero attached hydrogens (tertiary/aromatic N) is 4. The van der Waals surface area contributed by atoms with Gasteiger partial charge in [0.2, 0.25) is 0 Å². The van der Waals surface area contributed by atoms with Gasteiger partial charge in [-0.05, 0) is 38.1 Å². The monoisotopic (exact) mass is 346 g/mol. The molecule has 2 aromatic heterocycles. The van der Waals surface area contributed by atoms with E-state index >= 15 is 0 Å². The van der Waals surface area contributed by atoms with Crippen LogP contribution in [0.3, 0.4) is 0 Å². The van der Waals surface area contributed by atoms with E-state index in [9.17, 15) is 9.18 Å². The molecule has 0 N–H and O–H groups in total. The van der Waals surface area contributed by atoms with Gasteiger partial charge in [0.05, 0.1) is 6.61 Å². The number of halogens is 1. The molecule has 1 atom stereocenters. The van der Waals surface area contributed by atoms with Crippen molar-refractivity contribution in [1.29, 1.82) is 0 Å². The number of fused-ring (bicyclic) bond motifs is 1. The number of rotatable bonds is 5.